The molecule has 0 fully saturated rings. The highest BCUT2D eigenvalue weighted by Gasteiger charge is 2.74. The number of aromatic nitrogens is 1. The molecule has 10 heteroatoms. The largest absolute Gasteiger partial charge is 0.460 e. The number of aromatic amines is 1. The van der Waals surface area contributed by atoms with Crippen molar-refractivity contribution >= 4 is 38.4 Å². The van der Waals surface area contributed by atoms with Crippen LogP contribution in [-0.2, 0) is 5.92 Å². The summed E-state index contributed by atoms with van der Waals surface area (Å²) in [5.74, 6) is -11.6. The lowest BCUT2D eigenvalue weighted by molar-refractivity contribution is -0.360. The van der Waals surface area contributed by atoms with Crippen molar-refractivity contribution in [2.24, 2.45) is 0 Å². The van der Waals surface area contributed by atoms with Crippen LogP contribution in [0.2, 0.25) is 5.02 Å². The molecule has 2 rings (SSSR count). The van der Waals surface area contributed by atoms with Crippen molar-refractivity contribution < 1.29 is 30.7 Å². The van der Waals surface area contributed by atoms with E-state index in [4.69, 9.17) is 11.6 Å². The summed E-state index contributed by atoms with van der Waals surface area (Å²) in [4.78, 5) is 1.85. The number of halogens is 9. The van der Waals surface area contributed by atoms with E-state index in [-0.39, 0.29) is 20.4 Å². The Morgan fingerprint density at radius 2 is 1.52 bits per heavy atom. The fourth-order valence-corrected chi connectivity index (χ4v) is 2.17. The second-order valence-corrected chi connectivity index (χ2v) is 5.44. The molecule has 0 radical (unpaired) electrons. The van der Waals surface area contributed by atoms with E-state index in [1.54, 1.807) is 0 Å². The molecule has 1 N–H and O–H groups in total. The molecule has 0 atom stereocenters. The number of benzene rings is 1. The maximum atomic E-state index is 13.5. The number of rotatable bonds is 2. The molecule has 1 aromatic carbocycles. The minimum Gasteiger partial charge on any atom is -0.353 e. The molecule has 21 heavy (non-hydrogen) atoms. The third-order valence-electron chi connectivity index (χ3n) is 2.75. The van der Waals surface area contributed by atoms with E-state index >= 15 is 0 Å². The molecule has 116 valence electrons. The van der Waals surface area contributed by atoms with Crippen molar-refractivity contribution in [1.82, 2.24) is 4.98 Å². The second-order valence-electron chi connectivity index (χ2n) is 4.18. The van der Waals surface area contributed by atoms with Crippen LogP contribution in [-0.4, -0.2) is 17.1 Å². The van der Waals surface area contributed by atoms with Crippen LogP contribution in [0.4, 0.5) is 30.7 Å². The Bertz CT molecular complexity index is 653. The highest BCUT2D eigenvalue weighted by molar-refractivity contribution is 9.10. The van der Waals surface area contributed by atoms with Gasteiger partial charge in [-0.3, -0.25) is 0 Å². The topological polar surface area (TPSA) is 15.8 Å². The van der Waals surface area contributed by atoms with Gasteiger partial charge in [0.2, 0.25) is 0 Å². The Labute approximate surface area is 126 Å². The first-order valence-corrected chi connectivity index (χ1v) is 6.35. The van der Waals surface area contributed by atoms with E-state index in [1.165, 1.54) is 6.07 Å². The summed E-state index contributed by atoms with van der Waals surface area (Å²) in [6.45, 7) is 0. The first-order chi connectivity index (χ1) is 9.38. The zero-order chi connectivity index (χ0) is 16.2. The van der Waals surface area contributed by atoms with E-state index in [0.717, 1.165) is 6.07 Å². The van der Waals surface area contributed by atoms with Gasteiger partial charge in [-0.25, -0.2) is 0 Å². The third-order valence-corrected chi connectivity index (χ3v) is 3.95. The summed E-state index contributed by atoms with van der Waals surface area (Å²) in [6.07, 6.45) is -6.38. The molecule has 0 aliphatic carbocycles. The molecule has 1 heterocycles. The number of nitrogens with one attached hydrogen (secondary N) is 1. The fraction of sp³-hybridized carbons (Fsp3) is 0.273. The average molecular weight is 399 g/mol. The van der Waals surface area contributed by atoms with Gasteiger partial charge in [0.15, 0.2) is 0 Å². The fourth-order valence-electron chi connectivity index (χ4n) is 1.64. The summed E-state index contributed by atoms with van der Waals surface area (Å²) < 4.78 is 89.6. The number of alkyl halides is 7. The molecule has 0 unspecified atom stereocenters. The van der Waals surface area contributed by atoms with Crippen LogP contribution >= 0.6 is 27.5 Å². The summed E-state index contributed by atoms with van der Waals surface area (Å²) in [5.41, 5.74) is -1.63. The Balaban J connectivity index is 2.60. The van der Waals surface area contributed by atoms with Gasteiger partial charge >= 0.3 is 18.0 Å². The zero-order valence-corrected chi connectivity index (χ0v) is 12.0. The predicted octanol–water partition coefficient (Wildman–Crippen LogP) is 5.87. The van der Waals surface area contributed by atoms with Crippen LogP contribution in [0.25, 0.3) is 10.9 Å². The standard InChI is InChI=1S/C11H4BrClF7N/c12-5-1-4-2-8(21-7(4)3-6(5)13)9(14,15)10(16,17)11(18,19)20/h1-3,21H. The van der Waals surface area contributed by atoms with Crippen LogP contribution in [0.15, 0.2) is 22.7 Å². The van der Waals surface area contributed by atoms with Crippen LogP contribution in [0, 0.1) is 0 Å². The van der Waals surface area contributed by atoms with Gasteiger partial charge in [0.25, 0.3) is 0 Å². The van der Waals surface area contributed by atoms with Gasteiger partial charge in [0.1, 0.15) is 0 Å². The summed E-state index contributed by atoms with van der Waals surface area (Å²) in [7, 11) is 0. The molecular formula is C11H4BrClF7N. The molecule has 2 aromatic rings. The van der Waals surface area contributed by atoms with Crippen LogP contribution in [0.3, 0.4) is 0 Å². The third kappa shape index (κ3) is 2.50. The Morgan fingerprint density at radius 1 is 0.952 bits per heavy atom. The molecule has 0 saturated heterocycles. The molecule has 0 spiro atoms. The quantitative estimate of drug-likeness (QED) is 0.609. The van der Waals surface area contributed by atoms with Crippen molar-refractivity contribution in [3.05, 3.63) is 33.4 Å². The zero-order valence-electron chi connectivity index (χ0n) is 9.63. The molecule has 1 nitrogen and oxygen atoms in total. The van der Waals surface area contributed by atoms with E-state index < -0.39 is 23.7 Å². The molecule has 0 amide bonds. The first kappa shape index (κ1) is 16.4. The van der Waals surface area contributed by atoms with Gasteiger partial charge in [0.05, 0.1) is 10.7 Å². The minimum atomic E-state index is -6.38. The highest BCUT2D eigenvalue weighted by atomic mass is 79.9. The SMILES string of the molecule is FC(F)(F)C(F)(F)C(F)(F)c1cc2cc(Br)c(Cl)cc2[nH]1. The number of hydrogen-bond donors (Lipinski definition) is 1. The number of H-pyrrole nitrogens is 1. The number of hydrogen-bond acceptors (Lipinski definition) is 0. The minimum absolute atomic E-state index is 0.0129. The van der Waals surface area contributed by atoms with Gasteiger partial charge in [-0.05, 0) is 34.1 Å². The van der Waals surface area contributed by atoms with Crippen molar-refractivity contribution in [1.29, 1.82) is 0 Å². The molecule has 0 saturated carbocycles. The maximum Gasteiger partial charge on any atom is 0.460 e. The van der Waals surface area contributed by atoms with E-state index in [2.05, 4.69) is 15.9 Å². The lowest BCUT2D eigenvalue weighted by Gasteiger charge is -2.27. The summed E-state index contributed by atoms with van der Waals surface area (Å²) in [5, 5.41) is 0.0979. The van der Waals surface area contributed by atoms with E-state index in [0.29, 0.717) is 6.07 Å². The van der Waals surface area contributed by atoms with Crippen molar-refractivity contribution in [2.75, 3.05) is 0 Å². The Kier molecular flexibility index (Phi) is 3.73. The monoisotopic (exact) mass is 397 g/mol. The van der Waals surface area contributed by atoms with Gasteiger partial charge < -0.3 is 4.98 Å². The Morgan fingerprint density at radius 3 is 2.05 bits per heavy atom. The summed E-state index contributed by atoms with van der Waals surface area (Å²) in [6, 6.07) is 2.88. The normalized spacial score (nSPS) is 14.0. The lowest BCUT2D eigenvalue weighted by Crippen LogP contribution is -2.50. The molecule has 0 bridgehead atoms. The van der Waals surface area contributed by atoms with Gasteiger partial charge in [-0.2, -0.15) is 30.7 Å². The van der Waals surface area contributed by atoms with Crippen LogP contribution in [0.5, 0.6) is 0 Å². The van der Waals surface area contributed by atoms with Crippen LogP contribution < -0.4 is 0 Å². The van der Waals surface area contributed by atoms with E-state index in [1.807, 2.05) is 4.98 Å². The lowest BCUT2D eigenvalue weighted by atomic mass is 10.1. The van der Waals surface area contributed by atoms with Gasteiger partial charge in [-0.15, -0.1) is 0 Å². The Hall–Kier alpha value is -0.960. The maximum absolute atomic E-state index is 13.5. The van der Waals surface area contributed by atoms with Gasteiger partial charge in [0, 0.05) is 15.4 Å². The average Bonchev–Trinajstić information content (AvgIpc) is 2.71. The molecular weight excluding hydrogens is 394 g/mol. The van der Waals surface area contributed by atoms with Crippen molar-refractivity contribution in [3.63, 3.8) is 0 Å². The van der Waals surface area contributed by atoms with E-state index in [9.17, 15) is 30.7 Å². The number of fused-ring (bicyclic) bond motifs is 1. The molecule has 0 aliphatic heterocycles. The second kappa shape index (κ2) is 4.77. The van der Waals surface area contributed by atoms with Crippen LogP contribution in [0.1, 0.15) is 5.69 Å². The molecule has 0 aliphatic rings. The first-order valence-electron chi connectivity index (χ1n) is 5.18. The highest BCUT2D eigenvalue weighted by Crippen LogP contribution is 2.51. The van der Waals surface area contributed by atoms with Gasteiger partial charge in [-0.1, -0.05) is 11.6 Å². The molecule has 1 aromatic heterocycles. The van der Waals surface area contributed by atoms with Crippen molar-refractivity contribution in [3.8, 4) is 0 Å². The summed E-state index contributed by atoms with van der Waals surface area (Å²) >= 11 is 8.68. The van der Waals surface area contributed by atoms with Crippen molar-refractivity contribution in [2.45, 2.75) is 18.0 Å². The smallest absolute Gasteiger partial charge is 0.353 e. The predicted molar refractivity (Wildman–Crippen MR) is 65.9 cm³/mol.